The molecule has 9 heteroatoms. The molecule has 39 heavy (non-hydrogen) atoms. The molecule has 0 atom stereocenters. The highest BCUT2D eigenvalue weighted by Crippen LogP contribution is 2.34. The first-order chi connectivity index (χ1) is 18.4. The van der Waals surface area contributed by atoms with Crippen LogP contribution in [0.3, 0.4) is 0 Å². The van der Waals surface area contributed by atoms with Gasteiger partial charge in [0.1, 0.15) is 11.6 Å². The third-order valence-electron chi connectivity index (χ3n) is 6.85. The van der Waals surface area contributed by atoms with Gasteiger partial charge in [0, 0.05) is 18.2 Å². The van der Waals surface area contributed by atoms with E-state index in [0.717, 1.165) is 33.4 Å². The van der Waals surface area contributed by atoms with E-state index in [2.05, 4.69) is 5.10 Å². The normalized spacial score (nSPS) is 12.8. The first-order valence-corrected chi connectivity index (χ1v) is 14.4. The highest BCUT2D eigenvalue weighted by atomic mass is 32.2. The SMILES string of the molecule is Cc1cc2c(cc1CS(C)(=O)=O)CC(C(=O)c1cnn(-c3cc(C)c(Oc4ccccc4F)cc3C)c1N)=C2. The van der Waals surface area contributed by atoms with E-state index >= 15 is 0 Å². The average Bonchev–Trinajstić information content (AvgIpc) is 3.44. The molecule has 0 amide bonds. The van der Waals surface area contributed by atoms with Gasteiger partial charge in [-0.15, -0.1) is 0 Å². The fourth-order valence-corrected chi connectivity index (χ4v) is 5.67. The number of hydrogen-bond donors (Lipinski definition) is 1. The Morgan fingerprint density at radius 3 is 2.51 bits per heavy atom. The molecular weight excluding hydrogens is 517 g/mol. The molecule has 200 valence electrons. The quantitative estimate of drug-likeness (QED) is 0.300. The number of anilines is 1. The van der Waals surface area contributed by atoms with E-state index < -0.39 is 15.7 Å². The van der Waals surface area contributed by atoms with Crippen LogP contribution in [-0.2, 0) is 22.0 Å². The third-order valence-corrected chi connectivity index (χ3v) is 7.68. The first kappa shape index (κ1) is 26.4. The molecule has 0 unspecified atom stereocenters. The number of halogens is 1. The molecule has 7 nitrogen and oxygen atoms in total. The van der Waals surface area contributed by atoms with Crippen LogP contribution < -0.4 is 10.5 Å². The van der Waals surface area contributed by atoms with Crippen LogP contribution in [0.15, 0.2) is 60.3 Å². The zero-order chi connectivity index (χ0) is 28.1. The molecule has 1 aromatic heterocycles. The molecule has 0 fully saturated rings. The van der Waals surface area contributed by atoms with Gasteiger partial charge in [0.15, 0.2) is 27.2 Å². The van der Waals surface area contributed by atoms with Crippen molar-refractivity contribution in [1.29, 1.82) is 0 Å². The minimum Gasteiger partial charge on any atom is -0.454 e. The van der Waals surface area contributed by atoms with Crippen molar-refractivity contribution >= 4 is 27.5 Å². The molecule has 1 aliphatic rings. The Kier molecular flexibility index (Phi) is 6.64. The molecule has 0 radical (unpaired) electrons. The predicted octanol–water partition coefficient (Wildman–Crippen LogP) is 5.68. The lowest BCUT2D eigenvalue weighted by molar-refractivity contribution is 0.103. The summed E-state index contributed by atoms with van der Waals surface area (Å²) < 4.78 is 45.0. The van der Waals surface area contributed by atoms with Gasteiger partial charge in [-0.1, -0.05) is 24.3 Å². The number of carbonyl (C=O) groups excluding carboxylic acids is 1. The molecule has 0 spiro atoms. The number of aryl methyl sites for hydroxylation is 3. The number of ketones is 1. The topological polar surface area (TPSA) is 104 Å². The second kappa shape index (κ2) is 9.81. The van der Waals surface area contributed by atoms with E-state index in [-0.39, 0.29) is 28.7 Å². The molecule has 0 saturated heterocycles. The van der Waals surface area contributed by atoms with E-state index in [0.29, 0.717) is 23.4 Å². The van der Waals surface area contributed by atoms with Crippen molar-refractivity contribution in [2.75, 3.05) is 12.0 Å². The van der Waals surface area contributed by atoms with Gasteiger partial charge in [-0.2, -0.15) is 5.10 Å². The molecule has 0 saturated carbocycles. The number of aromatic nitrogens is 2. The number of sulfone groups is 1. The molecule has 0 bridgehead atoms. The summed E-state index contributed by atoms with van der Waals surface area (Å²) in [4.78, 5) is 13.5. The lowest BCUT2D eigenvalue weighted by Gasteiger charge is -2.14. The van der Waals surface area contributed by atoms with Gasteiger partial charge in [0.2, 0.25) is 0 Å². The number of allylic oxidation sites excluding steroid dienone is 1. The number of hydrogen-bond acceptors (Lipinski definition) is 6. The van der Waals surface area contributed by atoms with Crippen molar-refractivity contribution in [2.24, 2.45) is 0 Å². The Bertz CT molecular complexity index is 1790. The summed E-state index contributed by atoms with van der Waals surface area (Å²) in [5.74, 6) is 0.106. The lowest BCUT2D eigenvalue weighted by atomic mass is 10.0. The number of nitrogen functional groups attached to an aromatic ring is 1. The van der Waals surface area contributed by atoms with Crippen molar-refractivity contribution < 1.29 is 22.3 Å². The average molecular weight is 546 g/mol. The van der Waals surface area contributed by atoms with Gasteiger partial charge in [-0.3, -0.25) is 4.79 Å². The maximum atomic E-state index is 14.1. The number of ether oxygens (including phenoxy) is 1. The van der Waals surface area contributed by atoms with E-state index in [1.165, 1.54) is 23.2 Å². The number of para-hydroxylation sites is 1. The van der Waals surface area contributed by atoms with E-state index in [9.17, 15) is 17.6 Å². The fraction of sp³-hybridized carbons (Fsp3) is 0.200. The van der Waals surface area contributed by atoms with E-state index in [1.807, 2.05) is 45.0 Å². The number of benzene rings is 3. The molecule has 2 N–H and O–H groups in total. The Labute approximate surface area is 226 Å². The third kappa shape index (κ3) is 5.22. The van der Waals surface area contributed by atoms with Gasteiger partial charge in [-0.25, -0.2) is 17.5 Å². The van der Waals surface area contributed by atoms with Gasteiger partial charge in [-0.05, 0) is 84.5 Å². The maximum Gasteiger partial charge on any atom is 0.194 e. The Hall–Kier alpha value is -4.24. The zero-order valence-electron chi connectivity index (χ0n) is 22.1. The summed E-state index contributed by atoms with van der Waals surface area (Å²) in [6, 6.07) is 13.6. The second-order valence-electron chi connectivity index (χ2n) is 10.0. The van der Waals surface area contributed by atoms with Gasteiger partial charge in [0.25, 0.3) is 0 Å². The van der Waals surface area contributed by atoms with Crippen molar-refractivity contribution in [1.82, 2.24) is 9.78 Å². The minimum absolute atomic E-state index is 0.0437. The minimum atomic E-state index is -3.18. The van der Waals surface area contributed by atoms with Crippen LogP contribution in [0, 0.1) is 26.6 Å². The first-order valence-electron chi connectivity index (χ1n) is 12.3. The van der Waals surface area contributed by atoms with Crippen LogP contribution in [0.4, 0.5) is 10.2 Å². The van der Waals surface area contributed by atoms with Crippen LogP contribution in [0.25, 0.3) is 11.8 Å². The summed E-state index contributed by atoms with van der Waals surface area (Å²) in [6.45, 7) is 5.57. The predicted molar refractivity (Wildman–Crippen MR) is 150 cm³/mol. The smallest absolute Gasteiger partial charge is 0.194 e. The molecule has 5 rings (SSSR count). The Morgan fingerprint density at radius 2 is 1.79 bits per heavy atom. The van der Waals surface area contributed by atoms with Crippen molar-refractivity contribution in [3.63, 3.8) is 0 Å². The number of nitrogens with two attached hydrogens (primary N) is 1. The van der Waals surface area contributed by atoms with E-state index in [4.69, 9.17) is 10.5 Å². The summed E-state index contributed by atoms with van der Waals surface area (Å²) in [6.07, 6.45) is 4.88. The van der Waals surface area contributed by atoms with Crippen molar-refractivity contribution in [2.45, 2.75) is 32.9 Å². The van der Waals surface area contributed by atoms with Crippen LogP contribution in [0.2, 0.25) is 0 Å². The molecule has 4 aromatic rings. The lowest BCUT2D eigenvalue weighted by Crippen LogP contribution is -2.09. The number of nitrogens with zero attached hydrogens (tertiary/aromatic N) is 2. The second-order valence-corrected chi connectivity index (χ2v) is 12.2. The Balaban J connectivity index is 1.41. The monoisotopic (exact) mass is 545 g/mol. The maximum absolute atomic E-state index is 14.1. The molecule has 3 aromatic carbocycles. The van der Waals surface area contributed by atoms with Gasteiger partial charge >= 0.3 is 0 Å². The Morgan fingerprint density at radius 1 is 1.05 bits per heavy atom. The van der Waals surface area contributed by atoms with Crippen molar-refractivity contribution in [3.05, 3.63) is 105 Å². The molecular formula is C30H28FN3O4S. The largest absolute Gasteiger partial charge is 0.454 e. The van der Waals surface area contributed by atoms with Gasteiger partial charge in [0.05, 0.1) is 23.2 Å². The summed E-state index contributed by atoms with van der Waals surface area (Å²) in [7, 11) is -3.18. The summed E-state index contributed by atoms with van der Waals surface area (Å²) >= 11 is 0. The summed E-state index contributed by atoms with van der Waals surface area (Å²) in [5.41, 5.74) is 12.9. The highest BCUT2D eigenvalue weighted by molar-refractivity contribution is 7.89. The zero-order valence-corrected chi connectivity index (χ0v) is 22.9. The highest BCUT2D eigenvalue weighted by Gasteiger charge is 2.25. The number of fused-ring (bicyclic) bond motifs is 1. The number of rotatable bonds is 7. The van der Waals surface area contributed by atoms with Crippen molar-refractivity contribution in [3.8, 4) is 17.2 Å². The molecule has 1 aliphatic carbocycles. The fourth-order valence-electron chi connectivity index (χ4n) is 4.80. The number of carbonyl (C=O) groups is 1. The van der Waals surface area contributed by atoms with Gasteiger partial charge < -0.3 is 10.5 Å². The van der Waals surface area contributed by atoms with Crippen LogP contribution in [-0.4, -0.2) is 30.2 Å². The van der Waals surface area contributed by atoms with Crippen LogP contribution in [0.5, 0.6) is 11.5 Å². The number of Topliss-reactive ketones (excluding diaryl/α,β-unsaturated/α-hetero) is 1. The van der Waals surface area contributed by atoms with E-state index in [1.54, 1.807) is 24.3 Å². The molecule has 1 heterocycles. The van der Waals surface area contributed by atoms with Crippen LogP contribution >= 0.6 is 0 Å². The molecule has 0 aliphatic heterocycles. The van der Waals surface area contributed by atoms with Crippen LogP contribution in [0.1, 0.15) is 43.7 Å². The standard InChI is InChI=1S/C30H28FN3O4S/c1-17-9-20-12-22(13-21(20)14-23(17)16-39(4,36)37)29(35)24-15-33-34(30(24)32)26-10-19(3)28(11-18(26)2)38-27-8-6-5-7-25(27)31/h5-12,14-15H,13,16,32H2,1-4H3. The summed E-state index contributed by atoms with van der Waals surface area (Å²) in [5, 5.41) is 4.40.